The van der Waals surface area contributed by atoms with Gasteiger partial charge in [0, 0.05) is 31.1 Å². The van der Waals surface area contributed by atoms with E-state index in [0.29, 0.717) is 13.0 Å². The third kappa shape index (κ3) is 4.00. The topological polar surface area (TPSA) is 85.1 Å². The second-order valence-electron chi connectivity index (χ2n) is 4.28. The van der Waals surface area contributed by atoms with Gasteiger partial charge < -0.3 is 5.32 Å². The molecule has 108 valence electrons. The van der Waals surface area contributed by atoms with Gasteiger partial charge in [0.15, 0.2) is 0 Å². The molecule has 1 N–H and O–H groups in total. The van der Waals surface area contributed by atoms with Crippen LogP contribution in [0.4, 0.5) is 5.69 Å². The largest absolute Gasteiger partial charge is 0.352 e. The zero-order valence-electron chi connectivity index (χ0n) is 11.0. The van der Waals surface area contributed by atoms with Crippen LogP contribution >= 0.6 is 11.6 Å². The molecular formula is C14H12ClN3O3. The number of pyridine rings is 1. The summed E-state index contributed by atoms with van der Waals surface area (Å²) < 4.78 is 0. The highest BCUT2D eigenvalue weighted by Crippen LogP contribution is 2.22. The molecule has 1 amide bonds. The number of nitrogens with zero attached hydrogens (tertiary/aromatic N) is 2. The van der Waals surface area contributed by atoms with E-state index < -0.39 is 4.92 Å². The van der Waals surface area contributed by atoms with E-state index in [1.54, 1.807) is 12.4 Å². The maximum Gasteiger partial charge on any atom is 0.270 e. The quantitative estimate of drug-likeness (QED) is 0.679. The van der Waals surface area contributed by atoms with E-state index in [1.807, 2.05) is 12.1 Å². The Morgan fingerprint density at radius 3 is 2.62 bits per heavy atom. The van der Waals surface area contributed by atoms with Crippen LogP contribution in [0.3, 0.4) is 0 Å². The Balaban J connectivity index is 1.96. The summed E-state index contributed by atoms with van der Waals surface area (Å²) in [5, 5.41) is 13.4. The van der Waals surface area contributed by atoms with Gasteiger partial charge in [0.1, 0.15) is 0 Å². The number of aromatic nitrogens is 1. The van der Waals surface area contributed by atoms with Gasteiger partial charge in [-0.15, -0.1) is 0 Å². The van der Waals surface area contributed by atoms with Crippen molar-refractivity contribution in [2.45, 2.75) is 6.42 Å². The number of carbonyl (C=O) groups is 1. The molecule has 0 atom stereocenters. The second kappa shape index (κ2) is 6.81. The number of non-ortho nitro benzene ring substituents is 1. The molecule has 2 rings (SSSR count). The summed E-state index contributed by atoms with van der Waals surface area (Å²) in [5.74, 6) is -0.357. The lowest BCUT2D eigenvalue weighted by Crippen LogP contribution is -2.26. The van der Waals surface area contributed by atoms with Crippen molar-refractivity contribution < 1.29 is 9.72 Å². The van der Waals surface area contributed by atoms with Crippen LogP contribution in [0.5, 0.6) is 0 Å². The van der Waals surface area contributed by atoms with Crippen LogP contribution in [0.15, 0.2) is 42.7 Å². The number of hydrogen-bond donors (Lipinski definition) is 1. The number of benzene rings is 1. The molecule has 7 heteroatoms. The van der Waals surface area contributed by atoms with Gasteiger partial charge in [0.25, 0.3) is 11.6 Å². The molecule has 0 aliphatic heterocycles. The first-order chi connectivity index (χ1) is 10.1. The first-order valence-corrected chi connectivity index (χ1v) is 6.57. The van der Waals surface area contributed by atoms with Gasteiger partial charge in [-0.1, -0.05) is 11.6 Å². The van der Waals surface area contributed by atoms with Crippen LogP contribution in [0, 0.1) is 10.1 Å². The van der Waals surface area contributed by atoms with E-state index in [-0.39, 0.29) is 22.2 Å². The monoisotopic (exact) mass is 305 g/mol. The molecule has 6 nitrogen and oxygen atoms in total. The van der Waals surface area contributed by atoms with Crippen molar-refractivity contribution in [2.75, 3.05) is 6.54 Å². The molecule has 0 radical (unpaired) electrons. The predicted molar refractivity (Wildman–Crippen MR) is 78.4 cm³/mol. The molecule has 0 unspecified atom stereocenters. The molecule has 0 saturated carbocycles. The van der Waals surface area contributed by atoms with Crippen molar-refractivity contribution in [1.29, 1.82) is 0 Å². The minimum Gasteiger partial charge on any atom is -0.352 e. The van der Waals surface area contributed by atoms with Crippen molar-refractivity contribution in [2.24, 2.45) is 0 Å². The van der Waals surface area contributed by atoms with Crippen molar-refractivity contribution in [3.8, 4) is 0 Å². The molecule has 2 aromatic rings. The third-order valence-electron chi connectivity index (χ3n) is 2.86. The molecule has 1 heterocycles. The maximum absolute atomic E-state index is 12.0. The number of nitro benzene ring substituents is 1. The lowest BCUT2D eigenvalue weighted by atomic mass is 10.1. The molecular weight excluding hydrogens is 294 g/mol. The summed E-state index contributed by atoms with van der Waals surface area (Å²) in [7, 11) is 0. The van der Waals surface area contributed by atoms with Gasteiger partial charge >= 0.3 is 0 Å². The molecule has 21 heavy (non-hydrogen) atoms. The summed E-state index contributed by atoms with van der Waals surface area (Å²) in [5.41, 5.74) is 1.13. The zero-order valence-corrected chi connectivity index (χ0v) is 11.7. The Kier molecular flexibility index (Phi) is 4.84. The standard InChI is InChI=1S/C14H12ClN3O3/c15-13-9-11(18(20)21)1-2-12(13)14(19)17-8-5-10-3-6-16-7-4-10/h1-4,6-7,9H,5,8H2,(H,17,19). The van der Waals surface area contributed by atoms with E-state index in [0.717, 1.165) is 5.56 Å². The molecule has 0 fully saturated rings. The first-order valence-electron chi connectivity index (χ1n) is 6.19. The summed E-state index contributed by atoms with van der Waals surface area (Å²) in [6.45, 7) is 0.441. The fourth-order valence-corrected chi connectivity index (χ4v) is 2.03. The number of nitrogens with one attached hydrogen (secondary N) is 1. The van der Waals surface area contributed by atoms with Crippen LogP contribution in [-0.2, 0) is 6.42 Å². The fraction of sp³-hybridized carbons (Fsp3) is 0.143. The first kappa shape index (κ1) is 14.9. The van der Waals surface area contributed by atoms with Crippen molar-refractivity contribution in [1.82, 2.24) is 10.3 Å². The number of hydrogen-bond acceptors (Lipinski definition) is 4. The number of nitro groups is 1. The Labute approximate surface area is 125 Å². The van der Waals surface area contributed by atoms with Gasteiger partial charge in [-0.2, -0.15) is 0 Å². The van der Waals surface area contributed by atoms with Crippen LogP contribution in [0.2, 0.25) is 5.02 Å². The van der Waals surface area contributed by atoms with Crippen molar-refractivity contribution in [3.05, 3.63) is 69.0 Å². The van der Waals surface area contributed by atoms with Crippen LogP contribution < -0.4 is 5.32 Å². The van der Waals surface area contributed by atoms with Gasteiger partial charge in [0.2, 0.25) is 0 Å². The minimum absolute atomic E-state index is 0.0608. The van der Waals surface area contributed by atoms with Gasteiger partial charge in [-0.3, -0.25) is 19.9 Å². The number of halogens is 1. The highest BCUT2D eigenvalue weighted by atomic mass is 35.5. The zero-order chi connectivity index (χ0) is 15.2. The Morgan fingerprint density at radius 1 is 1.29 bits per heavy atom. The second-order valence-corrected chi connectivity index (χ2v) is 4.69. The molecule has 1 aromatic carbocycles. The molecule has 1 aromatic heterocycles. The van der Waals surface area contributed by atoms with Crippen LogP contribution in [-0.4, -0.2) is 22.4 Å². The predicted octanol–water partition coefficient (Wildman–Crippen LogP) is 2.62. The SMILES string of the molecule is O=C(NCCc1ccncc1)c1ccc([N+](=O)[O-])cc1Cl. The molecule has 0 aliphatic rings. The van der Waals surface area contributed by atoms with E-state index in [4.69, 9.17) is 11.6 Å². The lowest BCUT2D eigenvalue weighted by molar-refractivity contribution is -0.384. The van der Waals surface area contributed by atoms with Gasteiger partial charge in [-0.25, -0.2) is 0 Å². The summed E-state index contributed by atoms with van der Waals surface area (Å²) in [6.07, 6.45) is 4.04. The summed E-state index contributed by atoms with van der Waals surface area (Å²) in [4.78, 5) is 25.9. The Morgan fingerprint density at radius 2 is 2.00 bits per heavy atom. The van der Waals surface area contributed by atoms with Crippen LogP contribution in [0.25, 0.3) is 0 Å². The maximum atomic E-state index is 12.0. The van der Waals surface area contributed by atoms with Gasteiger partial charge in [-0.05, 0) is 30.2 Å². The molecule has 0 aliphatic carbocycles. The number of rotatable bonds is 5. The minimum atomic E-state index is -0.559. The molecule has 0 saturated heterocycles. The normalized spacial score (nSPS) is 10.1. The van der Waals surface area contributed by atoms with Crippen molar-refractivity contribution in [3.63, 3.8) is 0 Å². The number of carbonyl (C=O) groups excluding carboxylic acids is 1. The fourth-order valence-electron chi connectivity index (χ4n) is 1.77. The summed E-state index contributed by atoms with van der Waals surface area (Å²) >= 11 is 5.89. The summed E-state index contributed by atoms with van der Waals surface area (Å²) in [6, 6.07) is 7.50. The van der Waals surface area contributed by atoms with E-state index in [2.05, 4.69) is 10.3 Å². The average molecular weight is 306 g/mol. The van der Waals surface area contributed by atoms with E-state index >= 15 is 0 Å². The number of amides is 1. The molecule has 0 spiro atoms. The highest BCUT2D eigenvalue weighted by molar-refractivity contribution is 6.34. The highest BCUT2D eigenvalue weighted by Gasteiger charge is 2.14. The average Bonchev–Trinajstić information content (AvgIpc) is 2.48. The van der Waals surface area contributed by atoms with E-state index in [1.165, 1.54) is 18.2 Å². The smallest absolute Gasteiger partial charge is 0.270 e. The van der Waals surface area contributed by atoms with Crippen LogP contribution in [0.1, 0.15) is 15.9 Å². The van der Waals surface area contributed by atoms with E-state index in [9.17, 15) is 14.9 Å². The Hall–Kier alpha value is -2.47. The van der Waals surface area contributed by atoms with Crippen molar-refractivity contribution >= 4 is 23.2 Å². The Bertz CT molecular complexity index is 662. The molecule has 0 bridgehead atoms. The van der Waals surface area contributed by atoms with Gasteiger partial charge in [0.05, 0.1) is 15.5 Å². The lowest BCUT2D eigenvalue weighted by Gasteiger charge is -2.06. The third-order valence-corrected chi connectivity index (χ3v) is 3.17.